The molecular weight excluding hydrogens is 446 g/mol. The Hall–Kier alpha value is -3.65. The second-order valence-electron chi connectivity index (χ2n) is 9.02. The van der Waals surface area contributed by atoms with Gasteiger partial charge in [0.25, 0.3) is 5.91 Å². The first kappa shape index (κ1) is 23.1. The maximum Gasteiger partial charge on any atom is 0.255 e. The van der Waals surface area contributed by atoms with Gasteiger partial charge in [-0.15, -0.1) is 0 Å². The first-order valence-corrected chi connectivity index (χ1v) is 12.1. The summed E-state index contributed by atoms with van der Waals surface area (Å²) >= 11 is 0. The van der Waals surface area contributed by atoms with Crippen LogP contribution in [0.15, 0.2) is 46.9 Å². The largest absolute Gasteiger partial charge is 0.485 e. The van der Waals surface area contributed by atoms with Crippen molar-refractivity contribution in [3.63, 3.8) is 0 Å². The van der Waals surface area contributed by atoms with Crippen molar-refractivity contribution in [2.45, 2.75) is 52.4 Å². The van der Waals surface area contributed by atoms with Crippen LogP contribution in [0.3, 0.4) is 0 Å². The SMILES string of the molecule is CCN(CC)Cc1ccc2oc(COc3cccc4c3CN(C3CCC(=O)NC3=O)C4=O)cc2c1. The molecule has 3 heterocycles. The summed E-state index contributed by atoms with van der Waals surface area (Å²) in [5.74, 6) is 0.347. The van der Waals surface area contributed by atoms with Crippen LogP contribution < -0.4 is 10.1 Å². The van der Waals surface area contributed by atoms with Crippen LogP contribution >= 0.6 is 0 Å². The van der Waals surface area contributed by atoms with Crippen molar-refractivity contribution in [3.8, 4) is 5.75 Å². The Bertz CT molecular complexity index is 1290. The van der Waals surface area contributed by atoms with Crippen LogP contribution in [0, 0.1) is 0 Å². The fraction of sp³-hybridized carbons (Fsp3) is 0.370. The summed E-state index contributed by atoms with van der Waals surface area (Å²) in [6.45, 7) is 7.72. The topological polar surface area (TPSA) is 92.1 Å². The van der Waals surface area contributed by atoms with Crippen LogP contribution in [-0.2, 0) is 29.3 Å². The van der Waals surface area contributed by atoms with Crippen molar-refractivity contribution in [2.24, 2.45) is 0 Å². The predicted molar refractivity (Wildman–Crippen MR) is 130 cm³/mol. The molecule has 3 aromatic rings. The Morgan fingerprint density at radius 3 is 2.71 bits per heavy atom. The van der Waals surface area contributed by atoms with E-state index in [-0.39, 0.29) is 31.4 Å². The molecule has 35 heavy (non-hydrogen) atoms. The molecule has 0 bridgehead atoms. The molecule has 0 saturated carbocycles. The highest BCUT2D eigenvalue weighted by Crippen LogP contribution is 2.34. The maximum absolute atomic E-state index is 13.0. The van der Waals surface area contributed by atoms with Crippen molar-refractivity contribution in [1.82, 2.24) is 15.1 Å². The van der Waals surface area contributed by atoms with E-state index in [1.165, 1.54) is 10.5 Å². The van der Waals surface area contributed by atoms with E-state index < -0.39 is 11.9 Å². The van der Waals surface area contributed by atoms with Gasteiger partial charge < -0.3 is 14.1 Å². The molecule has 2 aliphatic heterocycles. The third-order valence-corrected chi connectivity index (χ3v) is 6.84. The number of hydrogen-bond acceptors (Lipinski definition) is 6. The van der Waals surface area contributed by atoms with Crippen molar-refractivity contribution < 1.29 is 23.5 Å². The molecule has 1 fully saturated rings. The number of amides is 3. The normalized spacial score (nSPS) is 17.9. The summed E-state index contributed by atoms with van der Waals surface area (Å²) in [4.78, 5) is 40.7. The molecule has 1 N–H and O–H groups in total. The van der Waals surface area contributed by atoms with E-state index in [0.29, 0.717) is 23.5 Å². The average Bonchev–Trinajstić information content (AvgIpc) is 3.42. The van der Waals surface area contributed by atoms with Gasteiger partial charge in [-0.3, -0.25) is 24.6 Å². The summed E-state index contributed by atoms with van der Waals surface area (Å²) in [6, 6.07) is 12.9. The van der Waals surface area contributed by atoms with E-state index in [9.17, 15) is 14.4 Å². The number of furan rings is 1. The Kier molecular flexibility index (Phi) is 6.30. The van der Waals surface area contributed by atoms with Crippen molar-refractivity contribution in [2.75, 3.05) is 13.1 Å². The van der Waals surface area contributed by atoms with E-state index in [4.69, 9.17) is 9.15 Å². The van der Waals surface area contributed by atoms with Gasteiger partial charge in [-0.25, -0.2) is 0 Å². The van der Waals surface area contributed by atoms with Crippen LogP contribution in [-0.4, -0.2) is 46.7 Å². The molecule has 182 valence electrons. The number of hydrogen-bond donors (Lipinski definition) is 1. The fourth-order valence-electron chi connectivity index (χ4n) is 4.86. The number of carbonyl (C=O) groups excluding carboxylic acids is 3. The van der Waals surface area contributed by atoms with E-state index in [1.807, 2.05) is 18.2 Å². The van der Waals surface area contributed by atoms with Gasteiger partial charge in [0.15, 0.2) is 0 Å². The molecule has 1 saturated heterocycles. The number of imide groups is 1. The third-order valence-electron chi connectivity index (χ3n) is 6.84. The van der Waals surface area contributed by atoms with Crippen LogP contribution in [0.25, 0.3) is 11.0 Å². The van der Waals surface area contributed by atoms with Gasteiger partial charge in [0.2, 0.25) is 11.8 Å². The van der Waals surface area contributed by atoms with E-state index in [0.717, 1.165) is 36.2 Å². The zero-order valence-electron chi connectivity index (χ0n) is 20.0. The zero-order valence-corrected chi connectivity index (χ0v) is 20.0. The molecule has 0 radical (unpaired) electrons. The van der Waals surface area contributed by atoms with Gasteiger partial charge in [-0.05, 0) is 55.4 Å². The number of nitrogens with one attached hydrogen (secondary N) is 1. The Morgan fingerprint density at radius 2 is 1.94 bits per heavy atom. The lowest BCUT2D eigenvalue weighted by Gasteiger charge is -2.29. The average molecular weight is 476 g/mol. The molecule has 5 rings (SSSR count). The Morgan fingerprint density at radius 1 is 1.11 bits per heavy atom. The molecule has 3 amide bonds. The molecular formula is C27H29N3O5. The Labute approximate surface area is 203 Å². The van der Waals surface area contributed by atoms with E-state index in [1.54, 1.807) is 12.1 Å². The lowest BCUT2D eigenvalue weighted by Crippen LogP contribution is -2.52. The lowest BCUT2D eigenvalue weighted by atomic mass is 10.0. The summed E-state index contributed by atoms with van der Waals surface area (Å²) < 4.78 is 12.1. The summed E-state index contributed by atoms with van der Waals surface area (Å²) in [6.07, 6.45) is 0.554. The molecule has 1 aromatic heterocycles. The van der Waals surface area contributed by atoms with Crippen molar-refractivity contribution in [3.05, 3.63) is 64.9 Å². The number of rotatable bonds is 8. The van der Waals surface area contributed by atoms with E-state index in [2.05, 4.69) is 36.2 Å². The van der Waals surface area contributed by atoms with Crippen LogP contribution in [0.4, 0.5) is 0 Å². The van der Waals surface area contributed by atoms with Crippen molar-refractivity contribution in [1.29, 1.82) is 0 Å². The second-order valence-corrected chi connectivity index (χ2v) is 9.02. The highest BCUT2D eigenvalue weighted by atomic mass is 16.5. The van der Waals surface area contributed by atoms with Gasteiger partial charge in [0.1, 0.15) is 29.7 Å². The smallest absolute Gasteiger partial charge is 0.255 e. The monoisotopic (exact) mass is 475 g/mol. The molecule has 2 aromatic carbocycles. The maximum atomic E-state index is 13.0. The van der Waals surface area contributed by atoms with Gasteiger partial charge in [-0.2, -0.15) is 0 Å². The first-order chi connectivity index (χ1) is 17.0. The number of piperidine rings is 1. The fourth-order valence-corrected chi connectivity index (χ4v) is 4.86. The van der Waals surface area contributed by atoms with Gasteiger partial charge in [-0.1, -0.05) is 26.0 Å². The zero-order chi connectivity index (χ0) is 24.5. The standard InChI is InChI=1S/C27H29N3O5/c1-3-29(4-2)14-17-8-10-23-18(12-17)13-19(35-23)16-34-24-7-5-6-20-21(24)15-30(27(20)33)22-9-11-25(31)28-26(22)32/h5-8,10,12-13,22H,3-4,9,11,14-16H2,1-2H3,(H,28,31,32). The van der Waals surface area contributed by atoms with Gasteiger partial charge in [0.05, 0.1) is 6.54 Å². The molecule has 2 aliphatic rings. The van der Waals surface area contributed by atoms with Crippen LogP contribution in [0.1, 0.15) is 53.9 Å². The molecule has 1 atom stereocenters. The summed E-state index contributed by atoms with van der Waals surface area (Å²) in [5.41, 5.74) is 3.32. The molecule has 8 heteroatoms. The minimum absolute atomic E-state index is 0.218. The number of nitrogens with zero attached hydrogens (tertiary/aromatic N) is 2. The molecule has 0 aliphatic carbocycles. The molecule has 1 unspecified atom stereocenters. The minimum Gasteiger partial charge on any atom is -0.485 e. The first-order valence-electron chi connectivity index (χ1n) is 12.1. The summed E-state index contributed by atoms with van der Waals surface area (Å²) in [7, 11) is 0. The van der Waals surface area contributed by atoms with Crippen LogP contribution in [0.2, 0.25) is 0 Å². The lowest BCUT2D eigenvalue weighted by molar-refractivity contribution is -0.136. The molecule has 0 spiro atoms. The van der Waals surface area contributed by atoms with Gasteiger partial charge in [0, 0.05) is 29.5 Å². The molecule has 8 nitrogen and oxygen atoms in total. The van der Waals surface area contributed by atoms with E-state index >= 15 is 0 Å². The number of ether oxygens (including phenoxy) is 1. The minimum atomic E-state index is -0.652. The number of fused-ring (bicyclic) bond motifs is 2. The van der Waals surface area contributed by atoms with Crippen LogP contribution in [0.5, 0.6) is 5.75 Å². The highest BCUT2D eigenvalue weighted by Gasteiger charge is 2.40. The quantitative estimate of drug-likeness (QED) is 0.501. The third kappa shape index (κ3) is 4.53. The number of benzene rings is 2. The Balaban J connectivity index is 1.30. The highest BCUT2D eigenvalue weighted by molar-refractivity contribution is 6.05. The second kappa shape index (κ2) is 9.54. The number of carbonyl (C=O) groups is 3. The van der Waals surface area contributed by atoms with Crippen molar-refractivity contribution >= 4 is 28.7 Å². The predicted octanol–water partition coefficient (Wildman–Crippen LogP) is 3.61. The summed E-state index contributed by atoms with van der Waals surface area (Å²) in [5, 5.41) is 3.36. The van der Waals surface area contributed by atoms with Gasteiger partial charge >= 0.3 is 0 Å².